The molecular formula is C22H22N4O4S. The molecule has 0 saturated carbocycles. The minimum absolute atomic E-state index is 0.0985. The van der Waals surface area contributed by atoms with Crippen molar-refractivity contribution in [2.75, 3.05) is 17.6 Å². The van der Waals surface area contributed by atoms with Gasteiger partial charge in [-0.05, 0) is 61.6 Å². The Kier molecular flexibility index (Phi) is 7.62. The predicted molar refractivity (Wildman–Crippen MR) is 116 cm³/mol. The van der Waals surface area contributed by atoms with Crippen LogP contribution in [-0.2, 0) is 22.4 Å². The lowest BCUT2D eigenvalue weighted by Crippen LogP contribution is -2.29. The second kappa shape index (κ2) is 10.6. The Bertz CT molecular complexity index is 1030. The van der Waals surface area contributed by atoms with E-state index in [9.17, 15) is 19.6 Å². The van der Waals surface area contributed by atoms with E-state index in [1.54, 1.807) is 12.1 Å². The van der Waals surface area contributed by atoms with Crippen molar-refractivity contribution >= 4 is 35.2 Å². The van der Waals surface area contributed by atoms with Gasteiger partial charge < -0.3 is 15.7 Å². The van der Waals surface area contributed by atoms with E-state index in [2.05, 4.69) is 21.7 Å². The van der Waals surface area contributed by atoms with Crippen LogP contribution in [0.2, 0.25) is 0 Å². The van der Waals surface area contributed by atoms with E-state index in [1.807, 2.05) is 6.07 Å². The highest BCUT2D eigenvalue weighted by Gasteiger charge is 2.16. The van der Waals surface area contributed by atoms with Crippen molar-refractivity contribution in [1.82, 2.24) is 10.3 Å². The molecule has 160 valence electrons. The molecule has 8 nitrogen and oxygen atoms in total. The van der Waals surface area contributed by atoms with Gasteiger partial charge in [0.2, 0.25) is 5.91 Å². The summed E-state index contributed by atoms with van der Waals surface area (Å²) in [5.74, 6) is -1.79. The lowest BCUT2D eigenvalue weighted by atomic mass is 10.1. The molecule has 3 rings (SSSR count). The quantitative estimate of drug-likeness (QED) is 0.447. The van der Waals surface area contributed by atoms with E-state index in [-0.39, 0.29) is 11.7 Å². The molecule has 1 aliphatic rings. The van der Waals surface area contributed by atoms with Crippen LogP contribution in [0.5, 0.6) is 0 Å². The average molecular weight is 439 g/mol. The zero-order valence-corrected chi connectivity index (χ0v) is 17.6. The Hall–Kier alpha value is -3.38. The number of carbonyl (C=O) groups excluding carboxylic acids is 2. The molecule has 1 heterocycles. The maximum atomic E-state index is 12.3. The molecule has 1 aromatic heterocycles. The molecule has 3 N–H and O–H groups in total. The number of nitrogens with zero attached hydrogens (tertiary/aromatic N) is 2. The Labute approximate surface area is 184 Å². The highest BCUT2D eigenvalue weighted by atomic mass is 32.2. The Morgan fingerprint density at radius 1 is 1.13 bits per heavy atom. The summed E-state index contributed by atoms with van der Waals surface area (Å²) >= 11 is 1.23. The summed E-state index contributed by atoms with van der Waals surface area (Å²) in [7, 11) is 0. The van der Waals surface area contributed by atoms with E-state index >= 15 is 0 Å². The van der Waals surface area contributed by atoms with Crippen molar-refractivity contribution in [3.8, 4) is 6.07 Å². The number of carboxylic acids is 1. The number of benzene rings is 1. The lowest BCUT2D eigenvalue weighted by molar-refractivity contribution is -0.135. The monoisotopic (exact) mass is 438 g/mol. The van der Waals surface area contributed by atoms with E-state index in [1.165, 1.54) is 23.9 Å². The maximum absolute atomic E-state index is 12.3. The Morgan fingerprint density at radius 3 is 2.58 bits per heavy atom. The molecule has 9 heteroatoms. The number of rotatable bonds is 7. The third kappa shape index (κ3) is 6.30. The van der Waals surface area contributed by atoms with Crippen molar-refractivity contribution in [1.29, 1.82) is 5.26 Å². The molecule has 0 aliphatic heterocycles. The number of aliphatic carboxylic acids is 1. The summed E-state index contributed by atoms with van der Waals surface area (Å²) in [6, 6.07) is 10.2. The minimum Gasteiger partial charge on any atom is -0.480 e. The van der Waals surface area contributed by atoms with Crippen LogP contribution in [0, 0.1) is 11.3 Å². The zero-order valence-electron chi connectivity index (χ0n) is 16.8. The van der Waals surface area contributed by atoms with Gasteiger partial charge in [0, 0.05) is 16.9 Å². The number of carboxylic acid groups (broad SMARTS) is 1. The number of amides is 2. The number of hydrogen-bond acceptors (Lipinski definition) is 6. The number of aromatic nitrogens is 1. The fourth-order valence-corrected chi connectivity index (χ4v) is 4.05. The number of aryl methyl sites for hydroxylation is 2. The first-order valence-electron chi connectivity index (χ1n) is 9.92. The maximum Gasteiger partial charge on any atom is 0.322 e. The van der Waals surface area contributed by atoms with Crippen molar-refractivity contribution in [2.24, 2.45) is 0 Å². The Morgan fingerprint density at radius 2 is 1.87 bits per heavy atom. The normalized spacial score (nSPS) is 12.7. The second-order valence-corrected chi connectivity index (χ2v) is 8.07. The van der Waals surface area contributed by atoms with Crippen LogP contribution in [0.15, 0.2) is 35.4 Å². The molecule has 0 radical (unpaired) electrons. The first kappa shape index (κ1) is 22.3. The summed E-state index contributed by atoms with van der Waals surface area (Å²) in [6.07, 6.45) is 5.18. The molecule has 0 unspecified atom stereocenters. The van der Waals surface area contributed by atoms with Crippen molar-refractivity contribution in [3.05, 3.63) is 52.7 Å². The molecule has 2 amide bonds. The van der Waals surface area contributed by atoms with Crippen LogP contribution in [0.25, 0.3) is 0 Å². The van der Waals surface area contributed by atoms with Gasteiger partial charge in [0.15, 0.2) is 0 Å². The summed E-state index contributed by atoms with van der Waals surface area (Å²) in [5.41, 5.74) is 3.46. The molecule has 1 aromatic carbocycles. The van der Waals surface area contributed by atoms with Gasteiger partial charge >= 0.3 is 5.97 Å². The SMILES string of the molecule is N#Cc1cc2c(nc1SCC(=O)Nc1ccc(C(=O)NCC(=O)O)cc1)CCCCC2. The van der Waals surface area contributed by atoms with Crippen LogP contribution >= 0.6 is 11.8 Å². The molecule has 0 fully saturated rings. The largest absolute Gasteiger partial charge is 0.480 e. The first-order chi connectivity index (χ1) is 15.0. The van der Waals surface area contributed by atoms with E-state index in [0.29, 0.717) is 21.8 Å². The highest BCUT2D eigenvalue weighted by molar-refractivity contribution is 8.00. The number of thioether (sulfide) groups is 1. The number of pyridine rings is 1. The van der Waals surface area contributed by atoms with Gasteiger partial charge in [-0.15, -0.1) is 0 Å². The van der Waals surface area contributed by atoms with E-state index in [4.69, 9.17) is 5.11 Å². The molecule has 2 aromatic rings. The molecule has 0 atom stereocenters. The van der Waals surface area contributed by atoms with Gasteiger partial charge in [0.05, 0.1) is 11.3 Å². The van der Waals surface area contributed by atoms with Gasteiger partial charge in [-0.3, -0.25) is 14.4 Å². The number of carbonyl (C=O) groups is 3. The fraction of sp³-hybridized carbons (Fsp3) is 0.318. The summed E-state index contributed by atoms with van der Waals surface area (Å²) in [6.45, 7) is -0.462. The second-order valence-electron chi connectivity index (χ2n) is 7.11. The summed E-state index contributed by atoms with van der Waals surface area (Å²) in [5, 5.41) is 23.6. The van der Waals surface area contributed by atoms with Crippen molar-refractivity contribution in [3.63, 3.8) is 0 Å². The first-order valence-corrected chi connectivity index (χ1v) is 10.9. The van der Waals surface area contributed by atoms with Crippen LogP contribution < -0.4 is 10.6 Å². The Balaban J connectivity index is 1.58. The predicted octanol–water partition coefficient (Wildman–Crippen LogP) is 2.77. The average Bonchev–Trinajstić information content (AvgIpc) is 3.00. The van der Waals surface area contributed by atoms with E-state index < -0.39 is 18.4 Å². The van der Waals surface area contributed by atoms with Gasteiger partial charge in [0.1, 0.15) is 17.6 Å². The topological polar surface area (TPSA) is 132 Å². The van der Waals surface area contributed by atoms with Gasteiger partial charge in [0.25, 0.3) is 5.91 Å². The lowest BCUT2D eigenvalue weighted by Gasteiger charge is -2.10. The zero-order chi connectivity index (χ0) is 22.2. The molecule has 0 saturated heterocycles. The van der Waals surface area contributed by atoms with Crippen LogP contribution in [0.3, 0.4) is 0 Å². The van der Waals surface area contributed by atoms with E-state index in [0.717, 1.165) is 43.4 Å². The third-order valence-corrected chi connectivity index (χ3v) is 5.80. The molecule has 0 spiro atoms. The number of nitrogens with one attached hydrogen (secondary N) is 2. The standard InChI is InChI=1S/C22H22N4O4S/c23-11-16-10-15-4-2-1-3-5-18(15)26-22(16)31-13-19(27)25-17-8-6-14(7-9-17)21(30)24-12-20(28)29/h6-10H,1-5,12-13H2,(H,24,30)(H,25,27)(H,28,29). The van der Waals surface area contributed by atoms with Crippen LogP contribution in [0.4, 0.5) is 5.69 Å². The smallest absolute Gasteiger partial charge is 0.322 e. The summed E-state index contributed by atoms with van der Waals surface area (Å²) in [4.78, 5) is 39.3. The van der Waals surface area contributed by atoms with Crippen molar-refractivity contribution < 1.29 is 19.5 Å². The van der Waals surface area contributed by atoms with Gasteiger partial charge in [-0.25, -0.2) is 4.98 Å². The fourth-order valence-electron chi connectivity index (χ4n) is 3.28. The minimum atomic E-state index is -1.13. The summed E-state index contributed by atoms with van der Waals surface area (Å²) < 4.78 is 0. The number of hydrogen-bond donors (Lipinski definition) is 3. The number of fused-ring (bicyclic) bond motifs is 1. The van der Waals surface area contributed by atoms with Crippen LogP contribution in [0.1, 0.15) is 46.4 Å². The number of nitriles is 1. The third-order valence-electron chi connectivity index (χ3n) is 4.81. The molecule has 31 heavy (non-hydrogen) atoms. The molecule has 0 bridgehead atoms. The molecular weight excluding hydrogens is 416 g/mol. The van der Waals surface area contributed by atoms with Crippen LogP contribution in [-0.4, -0.2) is 40.2 Å². The highest BCUT2D eigenvalue weighted by Crippen LogP contribution is 2.27. The van der Waals surface area contributed by atoms with Crippen molar-refractivity contribution in [2.45, 2.75) is 37.1 Å². The van der Waals surface area contributed by atoms with Gasteiger partial charge in [-0.1, -0.05) is 18.2 Å². The number of anilines is 1. The van der Waals surface area contributed by atoms with Gasteiger partial charge in [-0.2, -0.15) is 5.26 Å². The molecule has 1 aliphatic carbocycles.